The molecule has 2 aromatic rings. The molecule has 19 heavy (non-hydrogen) atoms. The molecule has 0 amide bonds. The Balaban J connectivity index is 1.83. The first-order chi connectivity index (χ1) is 9.38. The van der Waals surface area contributed by atoms with Crippen LogP contribution in [0.25, 0.3) is 4.91 Å². The molecule has 0 saturated carbocycles. The molecule has 3 heterocycles. The third-order valence-corrected chi connectivity index (χ3v) is 5.19. The number of thioether (sulfide) groups is 1. The molecule has 1 radical (unpaired) electrons. The minimum Gasteiger partial charge on any atom is -0.470 e. The molecule has 3 rings (SSSR count). The summed E-state index contributed by atoms with van der Waals surface area (Å²) in [5.74, 6) is 0. The average molecular weight is 291 g/mol. The number of aromatic nitrogens is 1. The van der Waals surface area contributed by atoms with Crippen LogP contribution in [-0.2, 0) is 0 Å². The highest BCUT2D eigenvalue weighted by Gasteiger charge is 2.28. The Kier molecular flexibility index (Phi) is 3.94. The number of furan rings is 1. The van der Waals surface area contributed by atoms with Crippen LogP contribution in [-0.4, -0.2) is 10.4 Å². The molecule has 2 aromatic heterocycles. The second-order valence-electron chi connectivity index (χ2n) is 4.37. The van der Waals surface area contributed by atoms with Crippen molar-refractivity contribution >= 4 is 33.7 Å². The molecule has 0 bridgehead atoms. The van der Waals surface area contributed by atoms with Crippen LogP contribution in [0, 0.1) is 6.20 Å². The summed E-state index contributed by atoms with van der Waals surface area (Å²) in [4.78, 5) is 8.72. The summed E-state index contributed by atoms with van der Waals surface area (Å²) in [6.07, 6.45) is 12.5. The van der Waals surface area contributed by atoms with Crippen LogP contribution in [0.2, 0.25) is 0 Å². The van der Waals surface area contributed by atoms with Crippen molar-refractivity contribution in [1.29, 1.82) is 0 Å². The first-order valence-corrected chi connectivity index (χ1v) is 8.15. The van der Waals surface area contributed by atoms with Crippen molar-refractivity contribution in [2.45, 2.75) is 31.6 Å². The monoisotopic (exact) mass is 291 g/mol. The second kappa shape index (κ2) is 5.84. The average Bonchev–Trinajstić information content (AvgIpc) is 3.14. The fourth-order valence-electron chi connectivity index (χ4n) is 2.03. The number of rotatable bonds is 5. The van der Waals surface area contributed by atoms with Crippen molar-refractivity contribution in [2.75, 3.05) is 4.90 Å². The maximum absolute atomic E-state index is 5.20. The Labute approximate surface area is 121 Å². The standard InChI is InChI=1S/C14H15N2OS2/c1-2-3-4-14-16(11-5-6-17-9-11)8-13(19-14)12-7-15-10-18-12/h5-7,9-10,14H,2-4H2,1H3. The molecule has 0 N–H and O–H groups in total. The summed E-state index contributed by atoms with van der Waals surface area (Å²) in [6.45, 7) is 2.23. The normalized spacial score (nSPS) is 18.9. The molecule has 1 unspecified atom stereocenters. The molecule has 99 valence electrons. The molecule has 1 aliphatic rings. The van der Waals surface area contributed by atoms with Crippen LogP contribution >= 0.6 is 23.1 Å². The van der Waals surface area contributed by atoms with Gasteiger partial charge >= 0.3 is 0 Å². The van der Waals surface area contributed by atoms with E-state index in [0.717, 1.165) is 12.1 Å². The van der Waals surface area contributed by atoms with E-state index in [2.05, 4.69) is 23.0 Å². The van der Waals surface area contributed by atoms with Gasteiger partial charge in [0.15, 0.2) is 0 Å². The SMILES string of the molecule is CCCCC1SC(c2cncs2)=[C]N1c1ccoc1. The van der Waals surface area contributed by atoms with E-state index in [4.69, 9.17) is 4.42 Å². The third kappa shape index (κ3) is 2.72. The summed E-state index contributed by atoms with van der Waals surface area (Å²) >= 11 is 3.54. The number of unbranched alkanes of at least 4 members (excludes halogenated alkanes) is 1. The minimum atomic E-state index is 0.412. The molecule has 1 atom stereocenters. The highest BCUT2D eigenvalue weighted by atomic mass is 32.2. The Morgan fingerprint density at radius 2 is 2.47 bits per heavy atom. The van der Waals surface area contributed by atoms with Crippen LogP contribution in [0.15, 0.2) is 34.7 Å². The number of thiazole rings is 1. The van der Waals surface area contributed by atoms with Gasteiger partial charge in [0.1, 0.15) is 6.26 Å². The predicted molar refractivity (Wildman–Crippen MR) is 80.9 cm³/mol. The number of hydrogen-bond donors (Lipinski definition) is 0. The number of nitrogens with zero attached hydrogens (tertiary/aromatic N) is 2. The molecular formula is C14H15N2OS2. The van der Waals surface area contributed by atoms with Crippen LogP contribution < -0.4 is 4.90 Å². The van der Waals surface area contributed by atoms with E-state index in [1.165, 1.54) is 22.6 Å². The maximum atomic E-state index is 5.20. The topological polar surface area (TPSA) is 29.3 Å². The highest BCUT2D eigenvalue weighted by Crippen LogP contribution is 2.44. The van der Waals surface area contributed by atoms with Gasteiger partial charge in [0.25, 0.3) is 0 Å². The Hall–Kier alpha value is -1.20. The van der Waals surface area contributed by atoms with E-state index < -0.39 is 0 Å². The lowest BCUT2D eigenvalue weighted by Crippen LogP contribution is -2.23. The zero-order valence-electron chi connectivity index (χ0n) is 10.7. The van der Waals surface area contributed by atoms with Gasteiger partial charge in [-0.05, 0) is 6.42 Å². The zero-order valence-corrected chi connectivity index (χ0v) is 12.3. The molecule has 1 aliphatic heterocycles. The fraction of sp³-hybridized carbons (Fsp3) is 0.357. The summed E-state index contributed by atoms with van der Waals surface area (Å²) in [6, 6.07) is 1.99. The molecule has 5 heteroatoms. The van der Waals surface area contributed by atoms with Crippen molar-refractivity contribution in [1.82, 2.24) is 4.98 Å². The van der Waals surface area contributed by atoms with Gasteiger partial charge in [-0.25, -0.2) is 0 Å². The van der Waals surface area contributed by atoms with E-state index >= 15 is 0 Å². The smallest absolute Gasteiger partial charge is 0.114 e. The quantitative estimate of drug-likeness (QED) is 0.804. The van der Waals surface area contributed by atoms with Crippen molar-refractivity contribution in [3.8, 4) is 0 Å². The van der Waals surface area contributed by atoms with E-state index in [0.29, 0.717) is 5.37 Å². The third-order valence-electron chi connectivity index (χ3n) is 3.01. The highest BCUT2D eigenvalue weighted by molar-refractivity contribution is 8.09. The van der Waals surface area contributed by atoms with Crippen LogP contribution in [0.5, 0.6) is 0 Å². The Morgan fingerprint density at radius 1 is 1.53 bits per heavy atom. The first-order valence-electron chi connectivity index (χ1n) is 6.39. The van der Waals surface area contributed by atoms with Crippen LogP contribution in [0.3, 0.4) is 0 Å². The van der Waals surface area contributed by atoms with E-state index in [1.807, 2.05) is 29.5 Å². The van der Waals surface area contributed by atoms with Crippen molar-refractivity contribution < 1.29 is 4.42 Å². The summed E-state index contributed by atoms with van der Waals surface area (Å²) < 4.78 is 5.20. The van der Waals surface area contributed by atoms with Gasteiger partial charge in [0.05, 0.1) is 38.8 Å². The molecule has 0 spiro atoms. The van der Waals surface area contributed by atoms with E-state index in [9.17, 15) is 0 Å². The molecular weight excluding hydrogens is 276 g/mol. The number of hydrogen-bond acceptors (Lipinski definition) is 5. The Bertz CT molecular complexity index is 534. The maximum Gasteiger partial charge on any atom is 0.114 e. The molecule has 0 aromatic carbocycles. The summed E-state index contributed by atoms with van der Waals surface area (Å²) in [5.41, 5.74) is 2.94. The summed E-state index contributed by atoms with van der Waals surface area (Å²) in [5, 5.41) is 0.412. The van der Waals surface area contributed by atoms with Gasteiger partial charge in [-0.3, -0.25) is 4.98 Å². The van der Waals surface area contributed by atoms with Crippen molar-refractivity contribution in [3.63, 3.8) is 0 Å². The minimum absolute atomic E-state index is 0.412. The van der Waals surface area contributed by atoms with Crippen LogP contribution in [0.1, 0.15) is 31.1 Å². The molecule has 0 saturated heterocycles. The molecule has 0 aliphatic carbocycles. The lowest BCUT2D eigenvalue weighted by atomic mass is 10.2. The molecule has 3 nitrogen and oxygen atoms in total. The van der Waals surface area contributed by atoms with Crippen LogP contribution in [0.4, 0.5) is 5.69 Å². The van der Waals surface area contributed by atoms with Gasteiger partial charge < -0.3 is 9.32 Å². The molecule has 0 fully saturated rings. The van der Waals surface area contributed by atoms with Crippen molar-refractivity contribution in [3.05, 3.63) is 41.4 Å². The van der Waals surface area contributed by atoms with Gasteiger partial charge in [0.2, 0.25) is 0 Å². The second-order valence-corrected chi connectivity index (χ2v) is 6.45. The fourth-order valence-corrected chi connectivity index (χ4v) is 3.98. The number of anilines is 1. The van der Waals surface area contributed by atoms with Gasteiger partial charge in [-0.15, -0.1) is 11.3 Å². The zero-order chi connectivity index (χ0) is 13.1. The largest absolute Gasteiger partial charge is 0.470 e. The lowest BCUT2D eigenvalue weighted by molar-refractivity contribution is 0.566. The van der Waals surface area contributed by atoms with E-state index in [-0.39, 0.29) is 0 Å². The predicted octanol–water partition coefficient (Wildman–Crippen LogP) is 4.61. The first kappa shape index (κ1) is 12.8. The summed E-state index contributed by atoms with van der Waals surface area (Å²) in [7, 11) is 0. The van der Waals surface area contributed by atoms with Gasteiger partial charge in [-0.2, -0.15) is 0 Å². The lowest BCUT2D eigenvalue weighted by Gasteiger charge is -2.22. The van der Waals surface area contributed by atoms with Gasteiger partial charge in [-0.1, -0.05) is 31.5 Å². The van der Waals surface area contributed by atoms with Gasteiger partial charge in [0, 0.05) is 12.3 Å². The van der Waals surface area contributed by atoms with E-state index in [1.54, 1.807) is 23.9 Å². The Morgan fingerprint density at radius 3 is 3.16 bits per heavy atom. The van der Waals surface area contributed by atoms with Crippen molar-refractivity contribution in [2.24, 2.45) is 0 Å².